The monoisotopic (exact) mass is 304 g/mol. The van der Waals surface area contributed by atoms with Crippen molar-refractivity contribution in [1.82, 2.24) is 10.2 Å². The molecule has 0 aromatic heterocycles. The Morgan fingerprint density at radius 1 is 1.36 bits per heavy atom. The molecule has 6 heteroatoms. The molecule has 2 amide bonds. The van der Waals surface area contributed by atoms with Gasteiger partial charge in [0.1, 0.15) is 0 Å². The normalized spacial score (nSPS) is 19.1. The lowest BCUT2D eigenvalue weighted by atomic mass is 9.96. The van der Waals surface area contributed by atoms with Crippen molar-refractivity contribution in [3.8, 4) is 0 Å². The molecule has 1 aromatic carbocycles. The van der Waals surface area contributed by atoms with Gasteiger partial charge in [0.25, 0.3) is 0 Å². The van der Waals surface area contributed by atoms with Crippen LogP contribution in [0, 0.1) is 19.8 Å². The summed E-state index contributed by atoms with van der Waals surface area (Å²) in [5.41, 5.74) is 2.38. The predicted octanol–water partition coefficient (Wildman–Crippen LogP) is 1.02. The van der Waals surface area contributed by atoms with Crippen molar-refractivity contribution in [3.63, 3.8) is 0 Å². The number of aryl methyl sites for hydroxylation is 1. The molecule has 2 unspecified atom stereocenters. The highest BCUT2D eigenvalue weighted by molar-refractivity contribution is 5.91. The molecule has 0 bridgehead atoms. The van der Waals surface area contributed by atoms with Gasteiger partial charge in [-0.25, -0.2) is 4.79 Å². The average Bonchev–Trinajstić information content (AvgIpc) is 2.79. The van der Waals surface area contributed by atoms with Crippen LogP contribution in [0.4, 0.5) is 0 Å². The number of benzene rings is 1. The first-order valence-electron chi connectivity index (χ1n) is 7.14. The van der Waals surface area contributed by atoms with Crippen LogP contribution in [0.2, 0.25) is 0 Å². The number of nitrogens with zero attached hydrogens (tertiary/aromatic N) is 1. The van der Waals surface area contributed by atoms with Crippen molar-refractivity contribution in [3.05, 3.63) is 34.9 Å². The zero-order valence-electron chi connectivity index (χ0n) is 12.9. The molecule has 0 saturated carbocycles. The fraction of sp³-hybridized carbons (Fsp3) is 0.438. The lowest BCUT2D eigenvalue weighted by molar-refractivity contribution is -0.142. The highest BCUT2D eigenvalue weighted by Crippen LogP contribution is 2.23. The molecule has 1 aliphatic rings. The van der Waals surface area contributed by atoms with Crippen LogP contribution < -0.4 is 5.32 Å². The van der Waals surface area contributed by atoms with E-state index in [0.717, 1.165) is 11.1 Å². The molecule has 2 N–H and O–H groups in total. The summed E-state index contributed by atoms with van der Waals surface area (Å²) in [5, 5.41) is 12.0. The molecule has 1 heterocycles. The van der Waals surface area contributed by atoms with Crippen LogP contribution in [0.15, 0.2) is 18.2 Å². The maximum Gasteiger partial charge on any atom is 0.330 e. The van der Waals surface area contributed by atoms with Crippen molar-refractivity contribution in [2.75, 3.05) is 13.6 Å². The standard InChI is InChI=1S/C16H20N2O4/c1-9-5-4-6-12(10(9)2)14(16(21)22)17-15(20)11-7-13(19)18(3)8-11/h4-6,11,14H,7-8H2,1-3H3,(H,17,20)(H,21,22). The Morgan fingerprint density at radius 3 is 2.59 bits per heavy atom. The summed E-state index contributed by atoms with van der Waals surface area (Å²) in [6.07, 6.45) is 0.126. The van der Waals surface area contributed by atoms with E-state index in [-0.39, 0.29) is 12.3 Å². The summed E-state index contributed by atoms with van der Waals surface area (Å²) in [5.74, 6) is -2.10. The van der Waals surface area contributed by atoms with Gasteiger partial charge in [-0.2, -0.15) is 0 Å². The first-order valence-corrected chi connectivity index (χ1v) is 7.14. The van der Waals surface area contributed by atoms with Gasteiger partial charge in [-0.3, -0.25) is 9.59 Å². The van der Waals surface area contributed by atoms with E-state index in [9.17, 15) is 19.5 Å². The molecular weight excluding hydrogens is 284 g/mol. The van der Waals surface area contributed by atoms with Crippen molar-refractivity contribution in [2.45, 2.75) is 26.3 Å². The highest BCUT2D eigenvalue weighted by atomic mass is 16.4. The Labute approximate surface area is 129 Å². The van der Waals surface area contributed by atoms with Crippen LogP contribution in [0.3, 0.4) is 0 Å². The Kier molecular flexibility index (Phi) is 4.49. The molecule has 2 rings (SSSR count). The van der Waals surface area contributed by atoms with Gasteiger partial charge in [0.05, 0.1) is 5.92 Å². The predicted molar refractivity (Wildman–Crippen MR) is 80.2 cm³/mol. The second-order valence-electron chi connectivity index (χ2n) is 5.74. The van der Waals surface area contributed by atoms with Crippen LogP contribution >= 0.6 is 0 Å². The van der Waals surface area contributed by atoms with Crippen LogP contribution in [-0.4, -0.2) is 41.4 Å². The molecule has 118 valence electrons. The molecule has 0 spiro atoms. The Morgan fingerprint density at radius 2 is 2.05 bits per heavy atom. The van der Waals surface area contributed by atoms with Crippen molar-refractivity contribution >= 4 is 17.8 Å². The zero-order chi connectivity index (χ0) is 16.4. The maximum atomic E-state index is 12.3. The third-order valence-electron chi connectivity index (χ3n) is 4.20. The maximum absolute atomic E-state index is 12.3. The summed E-state index contributed by atoms with van der Waals surface area (Å²) < 4.78 is 0. The minimum Gasteiger partial charge on any atom is -0.479 e. The van der Waals surface area contributed by atoms with E-state index < -0.39 is 23.8 Å². The molecular formula is C16H20N2O4. The second-order valence-corrected chi connectivity index (χ2v) is 5.74. The molecule has 2 atom stereocenters. The fourth-order valence-electron chi connectivity index (χ4n) is 2.66. The van der Waals surface area contributed by atoms with Gasteiger partial charge >= 0.3 is 5.97 Å². The molecule has 1 aliphatic heterocycles. The largest absolute Gasteiger partial charge is 0.479 e. The van der Waals surface area contributed by atoms with Gasteiger partial charge < -0.3 is 15.3 Å². The lowest BCUT2D eigenvalue weighted by Crippen LogP contribution is -2.38. The molecule has 0 aliphatic carbocycles. The van der Waals surface area contributed by atoms with E-state index in [1.54, 1.807) is 19.2 Å². The van der Waals surface area contributed by atoms with Crippen molar-refractivity contribution in [1.29, 1.82) is 0 Å². The fourth-order valence-corrected chi connectivity index (χ4v) is 2.66. The van der Waals surface area contributed by atoms with Crippen LogP contribution in [-0.2, 0) is 14.4 Å². The molecule has 1 aromatic rings. The minimum absolute atomic E-state index is 0.0984. The number of carboxylic acid groups (broad SMARTS) is 1. The summed E-state index contributed by atoms with van der Waals surface area (Å²) >= 11 is 0. The van der Waals surface area contributed by atoms with Gasteiger partial charge in [-0.1, -0.05) is 18.2 Å². The topological polar surface area (TPSA) is 86.7 Å². The average molecular weight is 304 g/mol. The molecule has 1 saturated heterocycles. The number of rotatable bonds is 4. The molecule has 6 nitrogen and oxygen atoms in total. The van der Waals surface area contributed by atoms with Crippen LogP contribution in [0.1, 0.15) is 29.2 Å². The minimum atomic E-state index is -1.11. The number of amides is 2. The summed E-state index contributed by atoms with van der Waals surface area (Å²) in [4.78, 5) is 36.8. The summed E-state index contributed by atoms with van der Waals surface area (Å²) in [6.45, 7) is 4.05. The highest BCUT2D eigenvalue weighted by Gasteiger charge is 2.34. The summed E-state index contributed by atoms with van der Waals surface area (Å²) in [7, 11) is 1.63. The van der Waals surface area contributed by atoms with Gasteiger partial charge in [0.2, 0.25) is 11.8 Å². The first-order chi connectivity index (χ1) is 10.3. The molecule has 0 radical (unpaired) electrons. The number of carbonyl (C=O) groups is 3. The van der Waals surface area contributed by atoms with Crippen LogP contribution in [0.5, 0.6) is 0 Å². The van der Waals surface area contributed by atoms with E-state index in [2.05, 4.69) is 5.32 Å². The third kappa shape index (κ3) is 3.10. The van der Waals surface area contributed by atoms with E-state index in [1.807, 2.05) is 19.9 Å². The van der Waals surface area contributed by atoms with E-state index >= 15 is 0 Å². The third-order valence-corrected chi connectivity index (χ3v) is 4.20. The van der Waals surface area contributed by atoms with Crippen molar-refractivity contribution in [2.24, 2.45) is 5.92 Å². The second kappa shape index (κ2) is 6.17. The quantitative estimate of drug-likeness (QED) is 0.869. The smallest absolute Gasteiger partial charge is 0.330 e. The SMILES string of the molecule is Cc1cccc(C(NC(=O)C2CC(=O)N(C)C2)C(=O)O)c1C. The van der Waals surface area contributed by atoms with E-state index in [0.29, 0.717) is 12.1 Å². The zero-order valence-corrected chi connectivity index (χ0v) is 12.9. The van der Waals surface area contributed by atoms with Gasteiger partial charge in [0.15, 0.2) is 6.04 Å². The van der Waals surface area contributed by atoms with E-state index in [4.69, 9.17) is 0 Å². The number of hydrogen-bond acceptors (Lipinski definition) is 3. The van der Waals surface area contributed by atoms with E-state index in [1.165, 1.54) is 4.90 Å². The van der Waals surface area contributed by atoms with Gasteiger partial charge in [0, 0.05) is 20.0 Å². The Hall–Kier alpha value is -2.37. The number of likely N-dealkylation sites (tertiary alicyclic amines) is 1. The first kappa shape index (κ1) is 16.0. The van der Waals surface area contributed by atoms with Gasteiger partial charge in [-0.15, -0.1) is 0 Å². The lowest BCUT2D eigenvalue weighted by Gasteiger charge is -2.20. The number of carbonyl (C=O) groups excluding carboxylic acids is 2. The summed E-state index contributed by atoms with van der Waals surface area (Å²) in [6, 6.07) is 4.26. The number of aliphatic carboxylic acids is 1. The molecule has 22 heavy (non-hydrogen) atoms. The molecule has 1 fully saturated rings. The number of carboxylic acids is 1. The number of hydrogen-bond donors (Lipinski definition) is 2. The van der Waals surface area contributed by atoms with Crippen molar-refractivity contribution < 1.29 is 19.5 Å². The number of nitrogens with one attached hydrogen (secondary N) is 1. The van der Waals surface area contributed by atoms with Crippen LogP contribution in [0.25, 0.3) is 0 Å². The Balaban J connectivity index is 2.20. The van der Waals surface area contributed by atoms with Gasteiger partial charge in [-0.05, 0) is 30.5 Å². The Bertz CT molecular complexity index is 627.